The summed E-state index contributed by atoms with van der Waals surface area (Å²) in [6.45, 7) is 2.67. The lowest BCUT2D eigenvalue weighted by Gasteiger charge is -2.18. The number of nitrogens with one attached hydrogen (secondary N) is 1. The predicted molar refractivity (Wildman–Crippen MR) is 121 cm³/mol. The smallest absolute Gasteiger partial charge is 0.175 e. The second-order valence-electron chi connectivity index (χ2n) is 7.42. The number of nitriles is 1. The molecule has 30 heavy (non-hydrogen) atoms. The van der Waals surface area contributed by atoms with Gasteiger partial charge in [-0.05, 0) is 35.2 Å². The molecule has 0 bridgehead atoms. The minimum absolute atomic E-state index is 0.149. The Labute approximate surface area is 185 Å². The lowest BCUT2D eigenvalue weighted by molar-refractivity contribution is 0.324. The molecule has 4 nitrogen and oxygen atoms in total. The molecule has 6 heteroatoms. The van der Waals surface area contributed by atoms with Crippen molar-refractivity contribution >= 4 is 23.0 Å². The molecular weight excluding hydrogens is 414 g/mol. The standard InChI is InChI=1S/C24H22ClN3OS/c25-24-11-10-23(14-21(24)15-26)30(29)27-22-12-13-28(17-22)16-18-6-8-20(9-7-18)19-4-2-1-3-5-19/h1-11,14,22,27H,12-13,16-17H2/t22-,30+/m1/s1. The maximum Gasteiger partial charge on any atom is 0.175 e. The van der Waals surface area contributed by atoms with E-state index in [1.54, 1.807) is 18.2 Å². The van der Waals surface area contributed by atoms with Gasteiger partial charge in [-0.25, -0.2) is 0 Å². The first-order valence-corrected chi connectivity index (χ1v) is 11.4. The van der Waals surface area contributed by atoms with Crippen LogP contribution in [-0.2, 0) is 17.9 Å². The Hall–Kier alpha value is -2.33. The zero-order valence-electron chi connectivity index (χ0n) is 16.4. The van der Waals surface area contributed by atoms with E-state index in [2.05, 4.69) is 58.2 Å². The molecule has 0 unspecified atom stereocenters. The van der Waals surface area contributed by atoms with Crippen molar-refractivity contribution in [1.82, 2.24) is 9.62 Å². The van der Waals surface area contributed by atoms with Gasteiger partial charge in [0.05, 0.1) is 28.0 Å². The number of benzene rings is 3. The van der Waals surface area contributed by atoms with Gasteiger partial charge in [-0.3, -0.25) is 4.90 Å². The molecule has 0 aromatic heterocycles. The summed E-state index contributed by atoms with van der Waals surface area (Å²) >= 11 is 4.60. The van der Waals surface area contributed by atoms with Crippen LogP contribution in [0, 0.1) is 11.3 Å². The molecule has 0 spiro atoms. The van der Waals surface area contributed by atoms with Crippen molar-refractivity contribution in [1.29, 1.82) is 5.26 Å². The Morgan fingerprint density at radius 3 is 2.53 bits per heavy atom. The molecule has 0 amide bonds. The molecule has 1 fully saturated rings. The lowest BCUT2D eigenvalue weighted by Crippen LogP contribution is -2.37. The van der Waals surface area contributed by atoms with Crippen LogP contribution in [0.3, 0.4) is 0 Å². The average molecular weight is 436 g/mol. The van der Waals surface area contributed by atoms with Crippen LogP contribution in [-0.4, -0.2) is 28.6 Å². The topological polar surface area (TPSA) is 62.1 Å². The second kappa shape index (κ2) is 9.65. The minimum Gasteiger partial charge on any atom is -0.593 e. The molecule has 1 N–H and O–H groups in total. The van der Waals surface area contributed by atoms with Gasteiger partial charge < -0.3 is 4.55 Å². The van der Waals surface area contributed by atoms with Crippen molar-refractivity contribution in [3.63, 3.8) is 0 Å². The van der Waals surface area contributed by atoms with E-state index in [9.17, 15) is 4.55 Å². The molecule has 3 aromatic rings. The van der Waals surface area contributed by atoms with Gasteiger partial charge in [0.2, 0.25) is 0 Å². The van der Waals surface area contributed by atoms with Crippen molar-refractivity contribution in [2.75, 3.05) is 13.1 Å². The van der Waals surface area contributed by atoms with Gasteiger partial charge >= 0.3 is 0 Å². The fourth-order valence-corrected chi connectivity index (χ4v) is 4.90. The van der Waals surface area contributed by atoms with E-state index >= 15 is 0 Å². The SMILES string of the molecule is N#Cc1cc([S@+]([O-])N[C@@H]2CCN(Cc3ccc(-c4ccccc4)cc3)C2)ccc1Cl. The number of halogens is 1. The van der Waals surface area contributed by atoms with E-state index in [1.165, 1.54) is 16.7 Å². The van der Waals surface area contributed by atoms with Gasteiger partial charge in [0.15, 0.2) is 4.90 Å². The zero-order chi connectivity index (χ0) is 20.9. The molecule has 1 saturated heterocycles. The third-order valence-corrected chi connectivity index (χ3v) is 6.84. The number of hydrogen-bond donors (Lipinski definition) is 1. The van der Waals surface area contributed by atoms with Crippen LogP contribution in [0.1, 0.15) is 17.5 Å². The Morgan fingerprint density at radius 2 is 1.80 bits per heavy atom. The number of likely N-dealkylation sites (tertiary alicyclic amines) is 1. The van der Waals surface area contributed by atoms with Crippen molar-refractivity contribution in [2.24, 2.45) is 0 Å². The summed E-state index contributed by atoms with van der Waals surface area (Å²) in [7, 11) is 0. The number of rotatable bonds is 6. The van der Waals surface area contributed by atoms with Gasteiger partial charge in [0.25, 0.3) is 0 Å². The molecule has 0 radical (unpaired) electrons. The molecule has 4 rings (SSSR count). The first-order valence-electron chi connectivity index (χ1n) is 9.86. The van der Waals surface area contributed by atoms with Crippen LogP contribution >= 0.6 is 11.6 Å². The number of hydrogen-bond acceptors (Lipinski definition) is 4. The van der Waals surface area contributed by atoms with Gasteiger partial charge in [-0.1, -0.05) is 66.2 Å². The summed E-state index contributed by atoms with van der Waals surface area (Å²) in [4.78, 5) is 2.94. The quantitative estimate of drug-likeness (QED) is 0.567. The maximum absolute atomic E-state index is 12.6. The van der Waals surface area contributed by atoms with Crippen molar-refractivity contribution < 1.29 is 4.55 Å². The van der Waals surface area contributed by atoms with Crippen molar-refractivity contribution in [3.05, 3.63) is 88.9 Å². The van der Waals surface area contributed by atoms with Crippen LogP contribution < -0.4 is 4.72 Å². The van der Waals surface area contributed by atoms with Crippen LogP contribution in [0.2, 0.25) is 5.02 Å². The van der Waals surface area contributed by atoms with E-state index in [0.717, 1.165) is 26.1 Å². The van der Waals surface area contributed by atoms with Crippen molar-refractivity contribution in [2.45, 2.75) is 23.9 Å². The first-order chi connectivity index (χ1) is 14.6. The molecule has 1 heterocycles. The highest BCUT2D eigenvalue weighted by Gasteiger charge is 2.27. The fraction of sp³-hybridized carbons (Fsp3) is 0.208. The Morgan fingerprint density at radius 1 is 1.07 bits per heavy atom. The predicted octanol–water partition coefficient (Wildman–Crippen LogP) is 4.77. The summed E-state index contributed by atoms with van der Waals surface area (Å²) in [6, 6.07) is 26.1. The highest BCUT2D eigenvalue weighted by Crippen LogP contribution is 2.23. The monoisotopic (exact) mass is 435 g/mol. The number of nitrogens with zero attached hydrogens (tertiary/aromatic N) is 2. The summed E-state index contributed by atoms with van der Waals surface area (Å²) in [5.41, 5.74) is 4.05. The molecule has 1 aliphatic rings. The Kier molecular flexibility index (Phi) is 6.73. The normalized spacial score (nSPS) is 17.6. The van der Waals surface area contributed by atoms with Crippen molar-refractivity contribution in [3.8, 4) is 17.2 Å². The van der Waals surface area contributed by atoms with E-state index in [1.807, 2.05) is 12.1 Å². The molecule has 0 aliphatic carbocycles. The molecular formula is C24H22ClN3OS. The minimum atomic E-state index is -1.37. The largest absolute Gasteiger partial charge is 0.593 e. The van der Waals surface area contributed by atoms with Gasteiger partial charge in [-0.15, -0.1) is 4.72 Å². The molecule has 0 saturated carbocycles. The first kappa shape index (κ1) is 20.9. The Bertz CT molecular complexity index is 1040. The third-order valence-electron chi connectivity index (χ3n) is 5.29. The highest BCUT2D eigenvalue weighted by molar-refractivity contribution is 7.89. The lowest BCUT2D eigenvalue weighted by atomic mass is 10.0. The maximum atomic E-state index is 12.6. The average Bonchev–Trinajstić information content (AvgIpc) is 3.21. The molecule has 152 valence electrons. The van der Waals surface area contributed by atoms with Crippen LogP contribution in [0.5, 0.6) is 0 Å². The van der Waals surface area contributed by atoms with E-state index in [-0.39, 0.29) is 6.04 Å². The summed E-state index contributed by atoms with van der Waals surface area (Å²) < 4.78 is 15.8. The van der Waals surface area contributed by atoms with E-state index in [4.69, 9.17) is 16.9 Å². The highest BCUT2D eigenvalue weighted by atomic mass is 35.5. The zero-order valence-corrected chi connectivity index (χ0v) is 18.0. The van der Waals surface area contributed by atoms with E-state index < -0.39 is 11.4 Å². The Balaban J connectivity index is 1.32. The van der Waals surface area contributed by atoms with Gasteiger partial charge in [-0.2, -0.15) is 5.26 Å². The van der Waals surface area contributed by atoms with Crippen LogP contribution in [0.4, 0.5) is 0 Å². The van der Waals surface area contributed by atoms with Gasteiger partial charge in [0.1, 0.15) is 6.07 Å². The molecule has 3 aromatic carbocycles. The summed E-state index contributed by atoms with van der Waals surface area (Å²) in [5.74, 6) is 0. The van der Waals surface area contributed by atoms with E-state index in [0.29, 0.717) is 15.5 Å². The van der Waals surface area contributed by atoms with Crippen LogP contribution in [0.15, 0.2) is 77.7 Å². The molecule has 1 aliphatic heterocycles. The summed E-state index contributed by atoms with van der Waals surface area (Å²) in [5, 5.41) is 9.48. The second-order valence-corrected chi connectivity index (χ2v) is 9.08. The fourth-order valence-electron chi connectivity index (χ4n) is 3.69. The third kappa shape index (κ3) is 5.04. The summed E-state index contributed by atoms with van der Waals surface area (Å²) in [6.07, 6.45) is 0.937. The molecule has 2 atom stereocenters. The van der Waals surface area contributed by atoms with Crippen LogP contribution in [0.25, 0.3) is 11.1 Å². The van der Waals surface area contributed by atoms with Gasteiger partial charge in [0, 0.05) is 25.7 Å².